The van der Waals surface area contributed by atoms with Crippen LogP contribution >= 0.6 is 35.6 Å². The van der Waals surface area contributed by atoms with Crippen molar-refractivity contribution in [2.24, 2.45) is 10.7 Å². The van der Waals surface area contributed by atoms with E-state index in [1.54, 1.807) is 12.1 Å². The summed E-state index contributed by atoms with van der Waals surface area (Å²) in [4.78, 5) is 6.56. The van der Waals surface area contributed by atoms with Gasteiger partial charge in [0.2, 0.25) is 0 Å². The lowest BCUT2D eigenvalue weighted by Crippen LogP contribution is -2.44. The van der Waals surface area contributed by atoms with E-state index in [2.05, 4.69) is 22.1 Å². The Labute approximate surface area is 171 Å². The number of rotatable bonds is 6. The maximum atomic E-state index is 14.4. The zero-order chi connectivity index (χ0) is 17.5. The van der Waals surface area contributed by atoms with E-state index in [0.29, 0.717) is 42.8 Å². The summed E-state index contributed by atoms with van der Waals surface area (Å²) >= 11 is 6.29. The number of hydrogen-bond donors (Lipinski definition) is 2. The molecule has 5 nitrogen and oxygen atoms in total. The highest BCUT2D eigenvalue weighted by atomic mass is 127. The standard InChI is InChI=1S/C17H26ClFN4O.HI/c1-3-7-21-17(20)22-10-15(23-8-9-24-12(2)11-23)16-13(18)5-4-6-14(16)19;/h4-6,12,15H,3,7-11H2,1-2H3,(H3,20,21,22);1H. The van der Waals surface area contributed by atoms with E-state index in [1.807, 2.05) is 6.92 Å². The molecular weight excluding hydrogens is 458 g/mol. The summed E-state index contributed by atoms with van der Waals surface area (Å²) in [7, 11) is 0. The Morgan fingerprint density at radius 1 is 1.56 bits per heavy atom. The molecule has 0 spiro atoms. The van der Waals surface area contributed by atoms with E-state index >= 15 is 0 Å². The van der Waals surface area contributed by atoms with Crippen molar-refractivity contribution in [3.8, 4) is 0 Å². The highest BCUT2D eigenvalue weighted by Crippen LogP contribution is 2.31. The zero-order valence-electron chi connectivity index (χ0n) is 14.7. The fourth-order valence-corrected chi connectivity index (χ4v) is 3.13. The third kappa shape index (κ3) is 6.54. The normalized spacial score (nSPS) is 20.0. The van der Waals surface area contributed by atoms with Gasteiger partial charge in [-0.25, -0.2) is 4.39 Å². The summed E-state index contributed by atoms with van der Waals surface area (Å²) in [6.07, 6.45) is 1.05. The van der Waals surface area contributed by atoms with Crippen LogP contribution in [0.15, 0.2) is 23.2 Å². The molecule has 1 aliphatic heterocycles. The summed E-state index contributed by atoms with van der Waals surface area (Å²) < 4.78 is 20.0. The number of hydrogen-bond acceptors (Lipinski definition) is 3. The first-order chi connectivity index (χ1) is 11.5. The molecule has 0 aromatic heterocycles. The Bertz CT molecular complexity index is 555. The van der Waals surface area contributed by atoms with Crippen molar-refractivity contribution in [2.75, 3.05) is 32.8 Å². The average Bonchev–Trinajstić information content (AvgIpc) is 2.55. The Kier molecular flexibility index (Phi) is 9.99. The topological polar surface area (TPSA) is 62.9 Å². The molecule has 142 valence electrons. The van der Waals surface area contributed by atoms with Crippen molar-refractivity contribution in [3.05, 3.63) is 34.6 Å². The predicted molar refractivity (Wildman–Crippen MR) is 111 cm³/mol. The quantitative estimate of drug-likeness (QED) is 0.370. The van der Waals surface area contributed by atoms with Gasteiger partial charge in [-0.05, 0) is 25.5 Å². The fourth-order valence-electron chi connectivity index (χ4n) is 2.84. The molecule has 0 bridgehead atoms. The molecule has 3 N–H and O–H groups in total. The summed E-state index contributed by atoms with van der Waals surface area (Å²) in [6.45, 7) is 7.18. The Morgan fingerprint density at radius 3 is 2.96 bits per heavy atom. The molecular formula is C17H27ClFIN4O. The smallest absolute Gasteiger partial charge is 0.188 e. The number of nitrogens with zero attached hydrogens (tertiary/aromatic N) is 2. The van der Waals surface area contributed by atoms with Gasteiger partial charge in [-0.2, -0.15) is 0 Å². The third-order valence-corrected chi connectivity index (χ3v) is 4.37. The molecule has 1 aromatic carbocycles. The average molecular weight is 485 g/mol. The first-order valence-electron chi connectivity index (χ1n) is 8.36. The number of benzene rings is 1. The molecule has 2 rings (SSSR count). The molecule has 1 heterocycles. The lowest BCUT2D eigenvalue weighted by atomic mass is 10.0. The van der Waals surface area contributed by atoms with Crippen LogP contribution in [0.5, 0.6) is 0 Å². The van der Waals surface area contributed by atoms with Gasteiger partial charge in [0.15, 0.2) is 5.96 Å². The second-order valence-corrected chi connectivity index (χ2v) is 6.39. The van der Waals surface area contributed by atoms with Gasteiger partial charge in [0.25, 0.3) is 0 Å². The van der Waals surface area contributed by atoms with Crippen LogP contribution in [0.3, 0.4) is 0 Å². The lowest BCUT2D eigenvalue weighted by molar-refractivity contribution is -0.0336. The van der Waals surface area contributed by atoms with E-state index in [-0.39, 0.29) is 41.9 Å². The second-order valence-electron chi connectivity index (χ2n) is 5.98. The maximum absolute atomic E-state index is 14.4. The summed E-state index contributed by atoms with van der Waals surface area (Å²) in [5.74, 6) is 0.0533. The van der Waals surface area contributed by atoms with Gasteiger partial charge in [0, 0.05) is 30.2 Å². The van der Waals surface area contributed by atoms with E-state index in [0.717, 1.165) is 13.0 Å². The predicted octanol–water partition coefficient (Wildman–Crippen LogP) is 3.17. The van der Waals surface area contributed by atoms with E-state index in [9.17, 15) is 4.39 Å². The van der Waals surface area contributed by atoms with Crippen molar-refractivity contribution >= 4 is 41.5 Å². The zero-order valence-corrected chi connectivity index (χ0v) is 17.8. The fraction of sp³-hybridized carbons (Fsp3) is 0.588. The Balaban J connectivity index is 0.00000312. The molecule has 25 heavy (non-hydrogen) atoms. The first-order valence-corrected chi connectivity index (χ1v) is 8.74. The minimum absolute atomic E-state index is 0. The van der Waals surface area contributed by atoms with Gasteiger partial charge in [0.1, 0.15) is 5.82 Å². The van der Waals surface area contributed by atoms with Crippen LogP contribution in [-0.2, 0) is 4.74 Å². The number of halogens is 3. The van der Waals surface area contributed by atoms with Crippen LogP contribution in [-0.4, -0.2) is 49.7 Å². The molecule has 2 atom stereocenters. The number of guanidine groups is 1. The molecule has 0 radical (unpaired) electrons. The molecule has 0 saturated carbocycles. The van der Waals surface area contributed by atoms with Gasteiger partial charge in [-0.1, -0.05) is 24.6 Å². The SMILES string of the molecule is CCCNC(N)=NCC(c1c(F)cccc1Cl)N1CCOC(C)C1.I. The van der Waals surface area contributed by atoms with E-state index < -0.39 is 0 Å². The van der Waals surface area contributed by atoms with Crippen LogP contribution in [0.25, 0.3) is 0 Å². The molecule has 0 amide bonds. The highest BCUT2D eigenvalue weighted by molar-refractivity contribution is 14.0. The van der Waals surface area contributed by atoms with Gasteiger partial charge >= 0.3 is 0 Å². The first kappa shape index (κ1) is 22.4. The number of aliphatic imine (C=N–C) groups is 1. The van der Waals surface area contributed by atoms with E-state index in [4.69, 9.17) is 22.1 Å². The molecule has 1 saturated heterocycles. The van der Waals surface area contributed by atoms with Gasteiger partial charge < -0.3 is 15.8 Å². The van der Waals surface area contributed by atoms with Gasteiger partial charge in [-0.15, -0.1) is 24.0 Å². The van der Waals surface area contributed by atoms with Gasteiger partial charge in [0.05, 0.1) is 25.3 Å². The van der Waals surface area contributed by atoms with Crippen LogP contribution in [0.4, 0.5) is 4.39 Å². The van der Waals surface area contributed by atoms with Crippen LogP contribution in [0.2, 0.25) is 5.02 Å². The molecule has 8 heteroatoms. The molecule has 1 aliphatic rings. The van der Waals surface area contributed by atoms with Crippen LogP contribution < -0.4 is 11.1 Å². The van der Waals surface area contributed by atoms with Crippen molar-refractivity contribution < 1.29 is 9.13 Å². The molecule has 0 aliphatic carbocycles. The van der Waals surface area contributed by atoms with E-state index in [1.165, 1.54) is 6.07 Å². The van der Waals surface area contributed by atoms with Crippen molar-refractivity contribution in [3.63, 3.8) is 0 Å². The lowest BCUT2D eigenvalue weighted by Gasteiger charge is -2.37. The Morgan fingerprint density at radius 2 is 2.32 bits per heavy atom. The molecule has 1 aromatic rings. The minimum Gasteiger partial charge on any atom is -0.376 e. The number of nitrogens with two attached hydrogens (primary N) is 1. The Hall–Kier alpha value is -0.640. The third-order valence-electron chi connectivity index (χ3n) is 4.04. The monoisotopic (exact) mass is 484 g/mol. The summed E-state index contributed by atoms with van der Waals surface area (Å²) in [5.41, 5.74) is 6.36. The van der Waals surface area contributed by atoms with Crippen molar-refractivity contribution in [1.82, 2.24) is 10.2 Å². The number of morpholine rings is 1. The number of nitrogens with one attached hydrogen (secondary N) is 1. The maximum Gasteiger partial charge on any atom is 0.188 e. The highest BCUT2D eigenvalue weighted by Gasteiger charge is 2.29. The largest absolute Gasteiger partial charge is 0.376 e. The molecule has 2 unspecified atom stereocenters. The molecule has 1 fully saturated rings. The van der Waals surface area contributed by atoms with Crippen molar-refractivity contribution in [2.45, 2.75) is 32.4 Å². The number of ether oxygens (including phenoxy) is 1. The van der Waals surface area contributed by atoms with Crippen LogP contribution in [0.1, 0.15) is 31.9 Å². The minimum atomic E-state index is -0.318. The summed E-state index contributed by atoms with van der Waals surface area (Å²) in [6, 6.07) is 4.48. The van der Waals surface area contributed by atoms with Crippen LogP contribution in [0, 0.1) is 5.82 Å². The summed E-state index contributed by atoms with van der Waals surface area (Å²) in [5, 5.41) is 3.45. The second kappa shape index (κ2) is 11.2. The van der Waals surface area contributed by atoms with Crippen molar-refractivity contribution in [1.29, 1.82) is 0 Å². The van der Waals surface area contributed by atoms with Gasteiger partial charge in [-0.3, -0.25) is 9.89 Å².